The summed E-state index contributed by atoms with van der Waals surface area (Å²) in [6.07, 6.45) is -3.69. The zero-order chi connectivity index (χ0) is 22.7. The van der Waals surface area contributed by atoms with Crippen molar-refractivity contribution < 1.29 is 18.0 Å². The third-order valence-corrected chi connectivity index (χ3v) is 5.56. The van der Waals surface area contributed by atoms with Gasteiger partial charge in [0.05, 0.1) is 10.9 Å². The number of hydrogen-bond donors (Lipinski definition) is 0. The van der Waals surface area contributed by atoms with Gasteiger partial charge in [0.2, 0.25) is 5.91 Å². The highest BCUT2D eigenvalue weighted by atomic mass is 19.4. The van der Waals surface area contributed by atoms with E-state index in [2.05, 4.69) is 10.3 Å². The minimum absolute atomic E-state index is 0.0458. The van der Waals surface area contributed by atoms with Crippen LogP contribution in [0.25, 0.3) is 10.9 Å². The number of alkyl halides is 3. The van der Waals surface area contributed by atoms with Crippen LogP contribution in [0.5, 0.6) is 0 Å². The molecule has 168 valence electrons. The van der Waals surface area contributed by atoms with E-state index in [9.17, 15) is 22.8 Å². The fourth-order valence-electron chi connectivity index (χ4n) is 3.80. The zero-order valence-corrected chi connectivity index (χ0v) is 17.3. The topological polar surface area (TPSA) is 71.3 Å². The molecule has 0 aliphatic carbocycles. The minimum Gasteiger partial charge on any atom is -0.368 e. The van der Waals surface area contributed by atoms with Crippen LogP contribution in [0.15, 0.2) is 53.3 Å². The van der Waals surface area contributed by atoms with Gasteiger partial charge in [-0.25, -0.2) is 4.68 Å². The Morgan fingerprint density at radius 2 is 1.75 bits per heavy atom. The number of rotatable bonds is 5. The van der Waals surface area contributed by atoms with Crippen LogP contribution in [-0.4, -0.2) is 52.0 Å². The number of carbonyl (C=O) groups is 1. The smallest absolute Gasteiger partial charge is 0.368 e. The number of amides is 1. The summed E-state index contributed by atoms with van der Waals surface area (Å²) in [5, 5.41) is 8.44. The first-order chi connectivity index (χ1) is 15.3. The molecule has 1 aromatic heterocycles. The van der Waals surface area contributed by atoms with Crippen LogP contribution in [0.3, 0.4) is 0 Å². The maximum atomic E-state index is 12.9. The number of piperazine rings is 1. The number of fused-ring (bicyclic) bond motifs is 1. The van der Waals surface area contributed by atoms with Crippen molar-refractivity contribution in [1.82, 2.24) is 19.9 Å². The van der Waals surface area contributed by atoms with Crippen LogP contribution in [0.4, 0.5) is 18.9 Å². The molecular weight excluding hydrogens is 423 g/mol. The molecule has 4 rings (SSSR count). The molecule has 1 aliphatic rings. The van der Waals surface area contributed by atoms with Crippen molar-refractivity contribution in [3.05, 3.63) is 64.4 Å². The molecule has 0 atom stereocenters. The standard InChI is InChI=1S/C22H22F3N5O2/c23-22(24,25)16-5-3-6-17(15-16)28-11-13-29(14-12-28)20(31)9-4-10-30-21(32)18-7-1-2-8-19(18)26-27-30/h1-3,5-8,15H,4,9-14H2. The van der Waals surface area contributed by atoms with E-state index in [-0.39, 0.29) is 24.4 Å². The molecular formula is C22H22F3N5O2. The van der Waals surface area contributed by atoms with Crippen LogP contribution in [-0.2, 0) is 17.5 Å². The van der Waals surface area contributed by atoms with Crippen molar-refractivity contribution in [3.63, 3.8) is 0 Å². The Hall–Kier alpha value is -3.43. The summed E-state index contributed by atoms with van der Waals surface area (Å²) in [6.45, 7) is 2.08. The third-order valence-electron chi connectivity index (χ3n) is 5.56. The van der Waals surface area contributed by atoms with Crippen molar-refractivity contribution in [2.24, 2.45) is 0 Å². The summed E-state index contributed by atoms with van der Waals surface area (Å²) < 4.78 is 40.1. The SMILES string of the molecule is O=C(CCCn1nnc2ccccc2c1=O)N1CCN(c2cccc(C(F)(F)F)c2)CC1. The number of hydrogen-bond acceptors (Lipinski definition) is 5. The number of anilines is 1. The van der Waals surface area contributed by atoms with Crippen LogP contribution in [0.1, 0.15) is 18.4 Å². The van der Waals surface area contributed by atoms with E-state index in [1.165, 1.54) is 10.7 Å². The highest BCUT2D eigenvalue weighted by molar-refractivity contribution is 5.77. The maximum absolute atomic E-state index is 12.9. The summed E-state index contributed by atoms with van der Waals surface area (Å²) in [5.74, 6) is -0.0458. The lowest BCUT2D eigenvalue weighted by molar-refractivity contribution is -0.137. The Bertz CT molecular complexity index is 1170. The van der Waals surface area contributed by atoms with Crippen molar-refractivity contribution >= 4 is 22.5 Å². The van der Waals surface area contributed by atoms with Crippen LogP contribution in [0, 0.1) is 0 Å². The Morgan fingerprint density at radius 3 is 2.50 bits per heavy atom. The van der Waals surface area contributed by atoms with Gasteiger partial charge in [-0.05, 0) is 36.8 Å². The monoisotopic (exact) mass is 445 g/mol. The molecule has 0 saturated carbocycles. The van der Waals surface area contributed by atoms with Crippen LogP contribution >= 0.6 is 0 Å². The first-order valence-corrected chi connectivity index (χ1v) is 10.4. The normalized spacial score (nSPS) is 14.7. The first kappa shape index (κ1) is 21.8. The summed E-state index contributed by atoms with van der Waals surface area (Å²) in [5.41, 5.74) is 0.114. The summed E-state index contributed by atoms with van der Waals surface area (Å²) >= 11 is 0. The average Bonchev–Trinajstić information content (AvgIpc) is 2.80. The third kappa shape index (κ3) is 4.74. The molecule has 32 heavy (non-hydrogen) atoms. The van der Waals surface area contributed by atoms with Gasteiger partial charge in [-0.1, -0.05) is 23.4 Å². The molecule has 0 N–H and O–H groups in total. The van der Waals surface area contributed by atoms with Crippen molar-refractivity contribution in [1.29, 1.82) is 0 Å². The minimum atomic E-state index is -4.38. The number of aryl methyl sites for hydroxylation is 1. The van der Waals surface area contributed by atoms with E-state index in [1.807, 2.05) is 4.90 Å². The molecule has 1 saturated heterocycles. The molecule has 2 heterocycles. The summed E-state index contributed by atoms with van der Waals surface area (Å²) in [7, 11) is 0. The van der Waals surface area contributed by atoms with Gasteiger partial charge in [0.1, 0.15) is 5.52 Å². The fourth-order valence-corrected chi connectivity index (χ4v) is 3.80. The average molecular weight is 445 g/mol. The van der Waals surface area contributed by atoms with Crippen LogP contribution in [0.2, 0.25) is 0 Å². The molecule has 3 aromatic rings. The Balaban J connectivity index is 1.29. The lowest BCUT2D eigenvalue weighted by atomic mass is 10.1. The number of aromatic nitrogens is 3. The zero-order valence-electron chi connectivity index (χ0n) is 17.3. The molecule has 0 bridgehead atoms. The predicted molar refractivity (Wildman–Crippen MR) is 113 cm³/mol. The molecule has 7 nitrogen and oxygen atoms in total. The number of halogens is 3. The van der Waals surface area contributed by atoms with Gasteiger partial charge in [0.25, 0.3) is 5.56 Å². The van der Waals surface area contributed by atoms with Gasteiger partial charge < -0.3 is 9.80 Å². The van der Waals surface area contributed by atoms with Crippen LogP contribution < -0.4 is 10.5 Å². The van der Waals surface area contributed by atoms with E-state index < -0.39 is 11.7 Å². The van der Waals surface area contributed by atoms with E-state index in [1.54, 1.807) is 35.2 Å². The second-order valence-electron chi connectivity index (χ2n) is 7.65. The highest BCUT2D eigenvalue weighted by Crippen LogP contribution is 2.31. The van der Waals surface area contributed by atoms with E-state index in [0.29, 0.717) is 49.2 Å². The predicted octanol–water partition coefficient (Wildman–Crippen LogP) is 2.94. The van der Waals surface area contributed by atoms with E-state index in [0.717, 1.165) is 12.1 Å². The Kier molecular flexibility index (Phi) is 6.11. The van der Waals surface area contributed by atoms with Crippen molar-refractivity contribution in [2.75, 3.05) is 31.1 Å². The van der Waals surface area contributed by atoms with Gasteiger partial charge in [-0.15, -0.1) is 5.10 Å². The highest BCUT2D eigenvalue weighted by Gasteiger charge is 2.31. The van der Waals surface area contributed by atoms with Crippen molar-refractivity contribution in [2.45, 2.75) is 25.6 Å². The van der Waals surface area contributed by atoms with E-state index >= 15 is 0 Å². The van der Waals surface area contributed by atoms with Gasteiger partial charge >= 0.3 is 6.18 Å². The quantitative estimate of drug-likeness (QED) is 0.604. The summed E-state index contributed by atoms with van der Waals surface area (Å²) in [4.78, 5) is 28.6. The number of nitrogens with zero attached hydrogens (tertiary/aromatic N) is 5. The largest absolute Gasteiger partial charge is 0.416 e. The molecule has 10 heteroatoms. The summed E-state index contributed by atoms with van der Waals surface area (Å²) in [6, 6.07) is 12.2. The van der Waals surface area contributed by atoms with Gasteiger partial charge in [-0.3, -0.25) is 9.59 Å². The Labute approximate surface area is 182 Å². The second-order valence-corrected chi connectivity index (χ2v) is 7.65. The molecule has 0 unspecified atom stereocenters. The lowest BCUT2D eigenvalue weighted by Gasteiger charge is -2.36. The maximum Gasteiger partial charge on any atom is 0.416 e. The van der Waals surface area contributed by atoms with Gasteiger partial charge in [0.15, 0.2) is 0 Å². The second kappa shape index (κ2) is 8.97. The molecule has 1 aliphatic heterocycles. The first-order valence-electron chi connectivity index (χ1n) is 10.4. The molecule has 2 aromatic carbocycles. The molecule has 1 fully saturated rings. The molecule has 0 spiro atoms. The number of carbonyl (C=O) groups excluding carboxylic acids is 1. The molecule has 0 radical (unpaired) electrons. The van der Waals surface area contributed by atoms with Crippen molar-refractivity contribution in [3.8, 4) is 0 Å². The van der Waals surface area contributed by atoms with Gasteiger partial charge in [0, 0.05) is 44.8 Å². The lowest BCUT2D eigenvalue weighted by Crippen LogP contribution is -2.48. The number of benzene rings is 2. The Morgan fingerprint density at radius 1 is 1.00 bits per heavy atom. The van der Waals surface area contributed by atoms with Gasteiger partial charge in [-0.2, -0.15) is 13.2 Å². The molecule has 1 amide bonds. The van der Waals surface area contributed by atoms with E-state index in [4.69, 9.17) is 0 Å². The fraction of sp³-hybridized carbons (Fsp3) is 0.364.